The van der Waals surface area contributed by atoms with E-state index in [4.69, 9.17) is 14.2 Å². The highest BCUT2D eigenvalue weighted by atomic mass is 32.2. The normalized spacial score (nSPS) is 18.6. The van der Waals surface area contributed by atoms with Crippen molar-refractivity contribution in [1.82, 2.24) is 9.62 Å². The highest BCUT2D eigenvalue weighted by Gasteiger charge is 2.38. The van der Waals surface area contributed by atoms with Gasteiger partial charge in [0.25, 0.3) is 5.91 Å². The van der Waals surface area contributed by atoms with E-state index < -0.39 is 40.2 Å². The Morgan fingerprint density at radius 1 is 1.12 bits per heavy atom. The monoisotopic (exact) mass is 571 g/mol. The molecule has 2 saturated heterocycles. The second-order valence-corrected chi connectivity index (χ2v) is 12.3. The summed E-state index contributed by atoms with van der Waals surface area (Å²) in [4.78, 5) is 25.9. The molecule has 2 heterocycles. The van der Waals surface area contributed by atoms with Crippen molar-refractivity contribution in [1.29, 1.82) is 0 Å². The molecule has 0 spiro atoms. The van der Waals surface area contributed by atoms with Crippen LogP contribution in [0.5, 0.6) is 11.5 Å². The summed E-state index contributed by atoms with van der Waals surface area (Å²) in [6.07, 6.45) is -0.190. The third kappa shape index (κ3) is 5.91. The van der Waals surface area contributed by atoms with Gasteiger partial charge >= 0.3 is 16.3 Å². The van der Waals surface area contributed by atoms with Crippen molar-refractivity contribution in [3.8, 4) is 11.5 Å². The van der Waals surface area contributed by atoms with Crippen molar-refractivity contribution in [3.05, 3.63) is 66.0 Å². The Morgan fingerprint density at radius 3 is 2.55 bits per heavy atom. The minimum Gasteiger partial charge on any atom is -0.488 e. The Labute approximate surface area is 231 Å². The van der Waals surface area contributed by atoms with Crippen molar-refractivity contribution in [3.63, 3.8) is 0 Å². The molecular weight excluding hydrogens is 541 g/mol. The molecule has 3 aromatic rings. The molecule has 40 heavy (non-hydrogen) atoms. The lowest BCUT2D eigenvalue weighted by Crippen LogP contribution is -2.36. The van der Waals surface area contributed by atoms with Gasteiger partial charge in [-0.1, -0.05) is 36.4 Å². The smallest absolute Gasteiger partial charge is 0.410 e. The van der Waals surface area contributed by atoms with Gasteiger partial charge in [0.2, 0.25) is 0 Å². The van der Waals surface area contributed by atoms with E-state index >= 15 is 4.39 Å². The van der Waals surface area contributed by atoms with Crippen molar-refractivity contribution in [2.75, 3.05) is 23.9 Å². The highest BCUT2D eigenvalue weighted by Crippen LogP contribution is 2.40. The van der Waals surface area contributed by atoms with Gasteiger partial charge in [-0.05, 0) is 49.9 Å². The van der Waals surface area contributed by atoms with Crippen molar-refractivity contribution in [2.45, 2.75) is 45.5 Å². The number of rotatable bonds is 6. The maximum Gasteiger partial charge on any atom is 0.410 e. The quantitative estimate of drug-likeness (QED) is 0.473. The maximum atomic E-state index is 16.1. The molecule has 1 atom stereocenters. The van der Waals surface area contributed by atoms with Crippen LogP contribution >= 0.6 is 0 Å². The summed E-state index contributed by atoms with van der Waals surface area (Å²) in [6, 6.07) is 15.5. The Morgan fingerprint density at radius 2 is 1.88 bits per heavy atom. The number of carbonyl (C=O) groups excluding carboxylic acids is 2. The molecule has 5 rings (SSSR count). The molecule has 12 heteroatoms. The number of amides is 2. The van der Waals surface area contributed by atoms with Crippen LogP contribution in [0.1, 0.15) is 32.8 Å². The highest BCUT2D eigenvalue weighted by molar-refractivity contribution is 7.92. The number of benzene rings is 3. The zero-order valence-electron chi connectivity index (χ0n) is 22.3. The van der Waals surface area contributed by atoms with Crippen LogP contribution in [0.3, 0.4) is 0 Å². The van der Waals surface area contributed by atoms with E-state index in [1.807, 2.05) is 35.1 Å². The number of hydrogen-bond donors (Lipinski definition) is 1. The summed E-state index contributed by atoms with van der Waals surface area (Å²) in [6.45, 7) is 5.64. The van der Waals surface area contributed by atoms with Crippen LogP contribution < -0.4 is 18.5 Å². The molecule has 2 amide bonds. The third-order valence-corrected chi connectivity index (χ3v) is 7.77. The fourth-order valence-corrected chi connectivity index (χ4v) is 5.76. The molecule has 2 aliphatic rings. The summed E-state index contributed by atoms with van der Waals surface area (Å²) in [7, 11) is -4.31. The maximum absolute atomic E-state index is 16.1. The van der Waals surface area contributed by atoms with Gasteiger partial charge in [0.1, 0.15) is 42.0 Å². The molecule has 0 aliphatic carbocycles. The Bertz CT molecular complexity index is 1560. The van der Waals surface area contributed by atoms with Crippen LogP contribution in [-0.2, 0) is 26.3 Å². The Hall–Kier alpha value is -4.06. The van der Waals surface area contributed by atoms with Crippen LogP contribution in [0.4, 0.5) is 14.9 Å². The number of ether oxygens (including phenoxy) is 3. The summed E-state index contributed by atoms with van der Waals surface area (Å²) in [5.41, 5.74) is -0.181. The predicted octanol–water partition coefficient (Wildman–Crippen LogP) is 4.13. The summed E-state index contributed by atoms with van der Waals surface area (Å²) >= 11 is 0. The number of fused-ring (bicyclic) bond motifs is 1. The van der Waals surface area contributed by atoms with Gasteiger partial charge in [-0.3, -0.25) is 4.79 Å². The summed E-state index contributed by atoms with van der Waals surface area (Å²) in [5.74, 6) is -1.31. The van der Waals surface area contributed by atoms with Crippen LogP contribution in [0, 0.1) is 5.82 Å². The number of carbonyl (C=O) groups is 2. The van der Waals surface area contributed by atoms with Crippen molar-refractivity contribution < 1.29 is 36.6 Å². The van der Waals surface area contributed by atoms with Crippen LogP contribution in [-0.4, -0.2) is 56.7 Å². The van der Waals surface area contributed by atoms with Crippen molar-refractivity contribution in [2.24, 2.45) is 0 Å². The standard InChI is InChI=1S/C28H30FN3O7S/c1-28(2,3)39-27(34)31-12-11-21(15-31)38-20-10-9-19-13-23(37-17-18-7-5-4-6-8-18)26(25(29)22(19)14-20)32-16-24(33)30-40(32,35)36/h4-10,13-14,21H,11-12,15-17H2,1-3H3,(H,30,33)/t21-/m1/s1. The first-order valence-corrected chi connectivity index (χ1v) is 14.2. The zero-order chi connectivity index (χ0) is 28.7. The first-order chi connectivity index (χ1) is 18.9. The SMILES string of the molecule is CC(C)(C)OC(=O)N1CC[C@@H](Oc2ccc3cc(OCc4ccccc4)c(N4CC(=O)NS4(=O)=O)c(F)c3c2)C1. The Balaban J connectivity index is 1.44. The Kier molecular flexibility index (Phi) is 7.21. The average Bonchev–Trinajstić information content (AvgIpc) is 3.45. The topological polar surface area (TPSA) is 114 Å². The largest absolute Gasteiger partial charge is 0.488 e. The van der Waals surface area contributed by atoms with Crippen LogP contribution in [0.2, 0.25) is 0 Å². The molecule has 1 N–H and O–H groups in total. The lowest BCUT2D eigenvalue weighted by Gasteiger charge is -2.24. The van der Waals surface area contributed by atoms with Gasteiger partial charge in [-0.15, -0.1) is 0 Å². The van der Waals surface area contributed by atoms with E-state index in [1.54, 1.807) is 43.9 Å². The van der Waals surface area contributed by atoms with Gasteiger partial charge in [0, 0.05) is 18.4 Å². The van der Waals surface area contributed by atoms with Gasteiger partial charge in [0.15, 0.2) is 5.82 Å². The van der Waals surface area contributed by atoms with Crippen LogP contribution in [0.25, 0.3) is 10.8 Å². The van der Waals surface area contributed by atoms with E-state index in [2.05, 4.69) is 0 Å². The van der Waals surface area contributed by atoms with Gasteiger partial charge in [-0.2, -0.15) is 8.42 Å². The minimum atomic E-state index is -4.31. The van der Waals surface area contributed by atoms with Gasteiger partial charge in [-0.25, -0.2) is 18.2 Å². The lowest BCUT2D eigenvalue weighted by atomic mass is 10.1. The third-order valence-electron chi connectivity index (χ3n) is 6.40. The van der Waals surface area contributed by atoms with E-state index in [9.17, 15) is 18.0 Å². The molecule has 2 fully saturated rings. The second kappa shape index (κ2) is 10.5. The molecule has 0 bridgehead atoms. The van der Waals surface area contributed by atoms with E-state index in [0.717, 1.165) is 5.56 Å². The first kappa shape index (κ1) is 27.5. The molecule has 0 aromatic heterocycles. The number of hydrogen-bond acceptors (Lipinski definition) is 7. The molecular formula is C28H30FN3O7S. The minimum absolute atomic E-state index is 0.0219. The molecule has 0 saturated carbocycles. The first-order valence-electron chi connectivity index (χ1n) is 12.8. The fraction of sp³-hybridized carbons (Fsp3) is 0.357. The number of halogens is 1. The van der Waals surface area contributed by atoms with Crippen LogP contribution in [0.15, 0.2) is 54.6 Å². The molecule has 3 aromatic carbocycles. The second-order valence-electron chi connectivity index (χ2n) is 10.7. The summed E-state index contributed by atoms with van der Waals surface area (Å²) in [5, 5.41) is 0.547. The molecule has 2 aliphatic heterocycles. The van der Waals surface area contributed by atoms with E-state index in [0.29, 0.717) is 35.0 Å². The van der Waals surface area contributed by atoms with E-state index in [1.165, 1.54) is 6.07 Å². The molecule has 212 valence electrons. The number of nitrogens with one attached hydrogen (secondary N) is 1. The van der Waals surface area contributed by atoms with E-state index in [-0.39, 0.29) is 29.5 Å². The fourth-order valence-electron chi connectivity index (χ4n) is 4.60. The molecule has 10 nitrogen and oxygen atoms in total. The number of nitrogens with zero attached hydrogens (tertiary/aromatic N) is 2. The summed E-state index contributed by atoms with van der Waals surface area (Å²) < 4.78 is 61.4. The number of anilines is 1. The average molecular weight is 572 g/mol. The zero-order valence-corrected chi connectivity index (χ0v) is 23.2. The van der Waals surface area contributed by atoms with Crippen molar-refractivity contribution >= 4 is 38.7 Å². The van der Waals surface area contributed by atoms with Gasteiger partial charge < -0.3 is 19.1 Å². The molecule has 0 unspecified atom stereocenters. The lowest BCUT2D eigenvalue weighted by molar-refractivity contribution is -0.117. The predicted molar refractivity (Wildman–Crippen MR) is 146 cm³/mol. The molecule has 0 radical (unpaired) electrons. The number of likely N-dealkylation sites (tertiary alicyclic amines) is 1. The van der Waals surface area contributed by atoms with Gasteiger partial charge in [0.05, 0.1) is 6.54 Å².